The third-order valence-electron chi connectivity index (χ3n) is 4.43. The SMILES string of the molecule is CN(c1ccccc1)c1ccc2c(c1)c1ccccc1n2C. The van der Waals surface area contributed by atoms with E-state index in [1.54, 1.807) is 0 Å². The quantitative estimate of drug-likeness (QED) is 0.498. The molecule has 4 aromatic rings. The number of benzene rings is 3. The van der Waals surface area contributed by atoms with Crippen LogP contribution in [0.4, 0.5) is 11.4 Å². The maximum absolute atomic E-state index is 2.28. The zero-order chi connectivity index (χ0) is 15.1. The molecule has 3 aromatic carbocycles. The number of rotatable bonds is 2. The van der Waals surface area contributed by atoms with E-state index in [-0.39, 0.29) is 0 Å². The standard InChI is InChI=1S/C20H18N2/c1-21(15-8-4-3-5-9-15)16-12-13-20-18(14-16)17-10-6-7-11-19(17)22(20)2/h3-14H,1-2H3. The first-order chi connectivity index (χ1) is 10.8. The van der Waals surface area contributed by atoms with Crippen LogP contribution in [0.5, 0.6) is 0 Å². The van der Waals surface area contributed by atoms with Crippen LogP contribution < -0.4 is 4.90 Å². The van der Waals surface area contributed by atoms with Crippen LogP contribution in [0.15, 0.2) is 72.8 Å². The van der Waals surface area contributed by atoms with Gasteiger partial charge in [-0.2, -0.15) is 0 Å². The molecule has 0 atom stereocenters. The van der Waals surface area contributed by atoms with E-state index in [4.69, 9.17) is 0 Å². The van der Waals surface area contributed by atoms with E-state index < -0.39 is 0 Å². The number of fused-ring (bicyclic) bond motifs is 3. The minimum Gasteiger partial charge on any atom is -0.345 e. The Morgan fingerprint density at radius 1 is 0.682 bits per heavy atom. The molecule has 22 heavy (non-hydrogen) atoms. The van der Waals surface area contributed by atoms with E-state index in [0.717, 1.165) is 0 Å². The van der Waals surface area contributed by atoms with Crippen molar-refractivity contribution in [1.29, 1.82) is 0 Å². The maximum atomic E-state index is 2.28. The molecule has 0 bridgehead atoms. The molecule has 4 rings (SSSR count). The highest BCUT2D eigenvalue weighted by molar-refractivity contribution is 6.09. The molecule has 0 saturated heterocycles. The van der Waals surface area contributed by atoms with Gasteiger partial charge in [0.1, 0.15) is 0 Å². The monoisotopic (exact) mass is 286 g/mol. The molecule has 0 spiro atoms. The smallest absolute Gasteiger partial charge is 0.0490 e. The Balaban J connectivity index is 1.92. The Kier molecular flexibility index (Phi) is 2.90. The summed E-state index contributed by atoms with van der Waals surface area (Å²) in [4.78, 5) is 2.22. The van der Waals surface area contributed by atoms with Crippen molar-refractivity contribution in [2.45, 2.75) is 0 Å². The molecule has 0 aliphatic rings. The molecule has 0 saturated carbocycles. The van der Waals surface area contributed by atoms with Crippen LogP contribution in [0.3, 0.4) is 0 Å². The van der Waals surface area contributed by atoms with Gasteiger partial charge in [-0.05, 0) is 36.4 Å². The van der Waals surface area contributed by atoms with Gasteiger partial charge in [-0.25, -0.2) is 0 Å². The molecule has 0 N–H and O–H groups in total. The summed E-state index contributed by atoms with van der Waals surface area (Å²) >= 11 is 0. The normalized spacial score (nSPS) is 11.2. The lowest BCUT2D eigenvalue weighted by Crippen LogP contribution is -2.08. The van der Waals surface area contributed by atoms with Gasteiger partial charge in [0.25, 0.3) is 0 Å². The molecule has 1 aromatic heterocycles. The lowest BCUT2D eigenvalue weighted by molar-refractivity contribution is 1.01. The number of hydrogen-bond acceptors (Lipinski definition) is 1. The van der Waals surface area contributed by atoms with E-state index >= 15 is 0 Å². The van der Waals surface area contributed by atoms with Crippen molar-refractivity contribution in [1.82, 2.24) is 4.57 Å². The summed E-state index contributed by atoms with van der Waals surface area (Å²) in [7, 11) is 4.24. The molecule has 0 aliphatic carbocycles. The Morgan fingerprint density at radius 2 is 1.36 bits per heavy atom. The molecule has 2 nitrogen and oxygen atoms in total. The number of aromatic nitrogens is 1. The van der Waals surface area contributed by atoms with Crippen LogP contribution in [0, 0.1) is 0 Å². The Bertz CT molecular complexity index is 951. The fraction of sp³-hybridized carbons (Fsp3) is 0.100. The predicted octanol–water partition coefficient (Wildman–Crippen LogP) is 5.10. The van der Waals surface area contributed by atoms with Crippen molar-refractivity contribution in [3.8, 4) is 0 Å². The summed E-state index contributed by atoms with van der Waals surface area (Å²) in [5.41, 5.74) is 4.94. The average Bonchev–Trinajstić information content (AvgIpc) is 2.88. The van der Waals surface area contributed by atoms with Gasteiger partial charge in [0.2, 0.25) is 0 Å². The summed E-state index contributed by atoms with van der Waals surface area (Å²) < 4.78 is 2.26. The van der Waals surface area contributed by atoms with Crippen molar-refractivity contribution < 1.29 is 0 Å². The van der Waals surface area contributed by atoms with Gasteiger partial charge in [0.15, 0.2) is 0 Å². The second-order valence-electron chi connectivity index (χ2n) is 5.67. The first-order valence-corrected chi connectivity index (χ1v) is 7.51. The number of anilines is 2. The van der Waals surface area contributed by atoms with Gasteiger partial charge < -0.3 is 9.47 Å². The van der Waals surface area contributed by atoms with Crippen molar-refractivity contribution in [3.05, 3.63) is 72.8 Å². The summed E-state index contributed by atoms with van der Waals surface area (Å²) in [6.07, 6.45) is 0. The second kappa shape index (κ2) is 4.92. The molecule has 0 unspecified atom stereocenters. The molecule has 108 valence electrons. The molecular weight excluding hydrogens is 268 g/mol. The number of hydrogen-bond donors (Lipinski definition) is 0. The third kappa shape index (κ3) is 1.88. The Morgan fingerprint density at radius 3 is 2.18 bits per heavy atom. The lowest BCUT2D eigenvalue weighted by atomic mass is 10.1. The third-order valence-corrected chi connectivity index (χ3v) is 4.43. The van der Waals surface area contributed by atoms with E-state index in [2.05, 4.69) is 90.3 Å². The largest absolute Gasteiger partial charge is 0.345 e. The van der Waals surface area contributed by atoms with E-state index in [9.17, 15) is 0 Å². The minimum absolute atomic E-state index is 1.20. The minimum atomic E-state index is 1.20. The van der Waals surface area contributed by atoms with Gasteiger partial charge in [-0.15, -0.1) is 0 Å². The number of para-hydroxylation sites is 2. The molecular formula is C20H18N2. The molecule has 0 aliphatic heterocycles. The van der Waals surface area contributed by atoms with Crippen molar-refractivity contribution in [2.75, 3.05) is 11.9 Å². The van der Waals surface area contributed by atoms with Crippen LogP contribution >= 0.6 is 0 Å². The summed E-state index contributed by atoms with van der Waals surface area (Å²) in [5.74, 6) is 0. The van der Waals surface area contributed by atoms with Gasteiger partial charge in [0.05, 0.1) is 0 Å². The van der Waals surface area contributed by atoms with Gasteiger partial charge in [-0.1, -0.05) is 36.4 Å². The predicted molar refractivity (Wildman–Crippen MR) is 94.9 cm³/mol. The fourth-order valence-corrected chi connectivity index (χ4v) is 3.17. The maximum Gasteiger partial charge on any atom is 0.0490 e. The van der Waals surface area contributed by atoms with Crippen LogP contribution in [0.1, 0.15) is 0 Å². The fourth-order valence-electron chi connectivity index (χ4n) is 3.17. The zero-order valence-corrected chi connectivity index (χ0v) is 12.8. The van der Waals surface area contributed by atoms with Crippen LogP contribution in [-0.2, 0) is 7.05 Å². The first-order valence-electron chi connectivity index (χ1n) is 7.51. The number of nitrogens with zero attached hydrogens (tertiary/aromatic N) is 2. The van der Waals surface area contributed by atoms with Crippen LogP contribution in [-0.4, -0.2) is 11.6 Å². The topological polar surface area (TPSA) is 8.17 Å². The average molecular weight is 286 g/mol. The van der Waals surface area contributed by atoms with E-state index in [1.807, 2.05) is 6.07 Å². The van der Waals surface area contributed by atoms with Crippen molar-refractivity contribution in [2.24, 2.45) is 7.05 Å². The molecule has 0 radical (unpaired) electrons. The van der Waals surface area contributed by atoms with Crippen molar-refractivity contribution >= 4 is 33.2 Å². The highest BCUT2D eigenvalue weighted by Crippen LogP contribution is 2.32. The highest BCUT2D eigenvalue weighted by Gasteiger charge is 2.10. The number of aryl methyl sites for hydroxylation is 1. The molecule has 0 amide bonds. The zero-order valence-electron chi connectivity index (χ0n) is 12.8. The summed E-state index contributed by atoms with van der Waals surface area (Å²) in [6, 6.07) is 25.7. The van der Waals surface area contributed by atoms with Gasteiger partial charge in [0, 0.05) is 47.3 Å². The van der Waals surface area contributed by atoms with E-state index in [1.165, 1.54) is 33.2 Å². The van der Waals surface area contributed by atoms with Crippen LogP contribution in [0.25, 0.3) is 21.8 Å². The Labute approximate surface area is 130 Å². The highest BCUT2D eigenvalue weighted by atomic mass is 15.1. The second-order valence-corrected chi connectivity index (χ2v) is 5.67. The Hall–Kier alpha value is -2.74. The van der Waals surface area contributed by atoms with Crippen LogP contribution in [0.2, 0.25) is 0 Å². The first kappa shape index (κ1) is 13.0. The lowest BCUT2D eigenvalue weighted by Gasteiger charge is -2.19. The summed E-state index contributed by atoms with van der Waals surface area (Å²) in [5, 5.41) is 2.61. The molecule has 0 fully saturated rings. The van der Waals surface area contributed by atoms with Crippen molar-refractivity contribution in [3.63, 3.8) is 0 Å². The van der Waals surface area contributed by atoms with Gasteiger partial charge >= 0.3 is 0 Å². The summed E-state index contributed by atoms with van der Waals surface area (Å²) in [6.45, 7) is 0. The molecule has 1 heterocycles. The van der Waals surface area contributed by atoms with Gasteiger partial charge in [-0.3, -0.25) is 0 Å². The molecule has 2 heteroatoms. The van der Waals surface area contributed by atoms with E-state index in [0.29, 0.717) is 0 Å².